The first-order chi connectivity index (χ1) is 11.3. The van der Waals surface area contributed by atoms with Gasteiger partial charge in [-0.2, -0.15) is 5.26 Å². The van der Waals surface area contributed by atoms with Gasteiger partial charge in [0.15, 0.2) is 6.29 Å². The number of aromatic nitrogens is 1. The molecule has 1 aliphatic heterocycles. The summed E-state index contributed by atoms with van der Waals surface area (Å²) in [5.41, 5.74) is 0.830. The number of para-hydroxylation sites is 1. The molecule has 120 valence electrons. The minimum atomic E-state index is -0.203. The standard InChI is InChI=1S/C18H20N2O3/c19-12-14-13-20(16-7-2-1-6-15(16)18(14)21)9-5-11-23-17-8-3-4-10-22-17/h1-2,6-7,13,17H,3-5,8-11H2/t17-/m0/s1. The molecule has 1 aromatic carbocycles. The van der Waals surface area contributed by atoms with E-state index in [0.717, 1.165) is 37.8 Å². The predicted molar refractivity (Wildman–Crippen MR) is 87.1 cm³/mol. The van der Waals surface area contributed by atoms with E-state index in [9.17, 15) is 4.79 Å². The first kappa shape index (κ1) is 15.7. The average molecular weight is 312 g/mol. The Labute approximate surface area is 135 Å². The van der Waals surface area contributed by atoms with E-state index in [1.54, 1.807) is 12.3 Å². The molecule has 2 aromatic rings. The molecular weight excluding hydrogens is 292 g/mol. The highest BCUT2D eigenvalue weighted by Gasteiger charge is 2.13. The highest BCUT2D eigenvalue weighted by Crippen LogP contribution is 2.15. The number of ether oxygens (including phenoxy) is 2. The fourth-order valence-electron chi connectivity index (χ4n) is 2.90. The van der Waals surface area contributed by atoms with Gasteiger partial charge in [-0.3, -0.25) is 4.79 Å². The quantitative estimate of drug-likeness (QED) is 0.796. The number of benzene rings is 1. The minimum absolute atomic E-state index is 0.0795. The summed E-state index contributed by atoms with van der Waals surface area (Å²) in [6.07, 6.45) is 5.59. The van der Waals surface area contributed by atoms with E-state index in [1.165, 1.54) is 0 Å². The average Bonchev–Trinajstić information content (AvgIpc) is 2.61. The number of aryl methyl sites for hydroxylation is 1. The lowest BCUT2D eigenvalue weighted by molar-refractivity contribution is -0.162. The van der Waals surface area contributed by atoms with Crippen molar-refractivity contribution in [2.45, 2.75) is 38.5 Å². The highest BCUT2D eigenvalue weighted by atomic mass is 16.7. The van der Waals surface area contributed by atoms with Gasteiger partial charge < -0.3 is 14.0 Å². The molecule has 1 aromatic heterocycles. The van der Waals surface area contributed by atoms with Crippen molar-refractivity contribution in [1.82, 2.24) is 4.57 Å². The maximum absolute atomic E-state index is 12.2. The van der Waals surface area contributed by atoms with Gasteiger partial charge in [-0.15, -0.1) is 0 Å². The third-order valence-corrected chi connectivity index (χ3v) is 4.09. The minimum Gasteiger partial charge on any atom is -0.353 e. The monoisotopic (exact) mass is 312 g/mol. The third-order valence-electron chi connectivity index (χ3n) is 4.09. The summed E-state index contributed by atoms with van der Waals surface area (Å²) in [5, 5.41) is 9.73. The molecule has 0 amide bonds. The van der Waals surface area contributed by atoms with E-state index in [0.29, 0.717) is 18.5 Å². The Bertz CT molecular complexity index is 770. The molecule has 0 bridgehead atoms. The number of hydrogen-bond acceptors (Lipinski definition) is 4. The van der Waals surface area contributed by atoms with Gasteiger partial charge >= 0.3 is 0 Å². The van der Waals surface area contributed by atoms with Gasteiger partial charge in [-0.25, -0.2) is 0 Å². The van der Waals surface area contributed by atoms with Crippen LogP contribution in [0.1, 0.15) is 31.2 Å². The molecule has 0 saturated carbocycles. The Morgan fingerprint density at radius 3 is 3.00 bits per heavy atom. The molecule has 0 N–H and O–H groups in total. The van der Waals surface area contributed by atoms with Crippen molar-refractivity contribution in [1.29, 1.82) is 5.26 Å². The molecule has 2 heterocycles. The zero-order valence-electron chi connectivity index (χ0n) is 13.0. The van der Waals surface area contributed by atoms with E-state index in [1.807, 2.05) is 28.8 Å². The molecule has 0 unspecified atom stereocenters. The highest BCUT2D eigenvalue weighted by molar-refractivity contribution is 5.80. The molecule has 5 heteroatoms. The second-order valence-corrected chi connectivity index (χ2v) is 5.71. The van der Waals surface area contributed by atoms with Gasteiger partial charge in [-0.05, 0) is 37.8 Å². The maximum atomic E-state index is 12.2. The summed E-state index contributed by atoms with van der Waals surface area (Å²) >= 11 is 0. The Kier molecular flexibility index (Phi) is 5.06. The number of rotatable bonds is 5. The Hall–Kier alpha value is -2.16. The number of fused-ring (bicyclic) bond motifs is 1. The molecule has 1 saturated heterocycles. The lowest BCUT2D eigenvalue weighted by Gasteiger charge is -2.22. The van der Waals surface area contributed by atoms with Crippen molar-refractivity contribution in [3.63, 3.8) is 0 Å². The van der Waals surface area contributed by atoms with Crippen LogP contribution in [0.5, 0.6) is 0 Å². The zero-order valence-corrected chi connectivity index (χ0v) is 13.0. The normalized spacial score (nSPS) is 18.0. The van der Waals surface area contributed by atoms with E-state index in [2.05, 4.69) is 0 Å². The Balaban J connectivity index is 1.69. The van der Waals surface area contributed by atoms with E-state index in [-0.39, 0.29) is 17.3 Å². The van der Waals surface area contributed by atoms with Crippen LogP contribution in [0.3, 0.4) is 0 Å². The van der Waals surface area contributed by atoms with Crippen LogP contribution in [0.15, 0.2) is 35.3 Å². The van der Waals surface area contributed by atoms with Crippen LogP contribution in [-0.4, -0.2) is 24.1 Å². The lowest BCUT2D eigenvalue weighted by Crippen LogP contribution is -2.23. The van der Waals surface area contributed by atoms with Crippen LogP contribution in [0, 0.1) is 11.3 Å². The second-order valence-electron chi connectivity index (χ2n) is 5.71. The molecule has 3 rings (SSSR count). The molecule has 5 nitrogen and oxygen atoms in total. The Morgan fingerprint density at radius 2 is 2.22 bits per heavy atom. The molecule has 23 heavy (non-hydrogen) atoms. The first-order valence-electron chi connectivity index (χ1n) is 8.05. The van der Waals surface area contributed by atoms with Gasteiger partial charge in [0, 0.05) is 24.7 Å². The molecule has 1 aliphatic rings. The van der Waals surface area contributed by atoms with Crippen molar-refractivity contribution < 1.29 is 9.47 Å². The summed E-state index contributed by atoms with van der Waals surface area (Å²) in [6.45, 7) is 2.08. The van der Waals surface area contributed by atoms with Gasteiger partial charge in [0.2, 0.25) is 5.43 Å². The van der Waals surface area contributed by atoms with Crippen LogP contribution in [0.4, 0.5) is 0 Å². The van der Waals surface area contributed by atoms with Crippen LogP contribution < -0.4 is 5.43 Å². The van der Waals surface area contributed by atoms with E-state index in [4.69, 9.17) is 14.7 Å². The van der Waals surface area contributed by atoms with Crippen LogP contribution in [-0.2, 0) is 16.0 Å². The van der Waals surface area contributed by atoms with Crippen molar-refractivity contribution in [3.8, 4) is 6.07 Å². The molecular formula is C18H20N2O3. The lowest BCUT2D eigenvalue weighted by atomic mass is 10.1. The van der Waals surface area contributed by atoms with Crippen molar-refractivity contribution in [2.75, 3.05) is 13.2 Å². The molecule has 1 atom stereocenters. The zero-order chi connectivity index (χ0) is 16.1. The molecule has 1 fully saturated rings. The van der Waals surface area contributed by atoms with Gasteiger partial charge in [0.1, 0.15) is 11.6 Å². The number of hydrogen-bond donors (Lipinski definition) is 0. The number of nitrogens with zero attached hydrogens (tertiary/aromatic N) is 2. The van der Waals surface area contributed by atoms with Gasteiger partial charge in [0.05, 0.1) is 12.1 Å². The van der Waals surface area contributed by atoms with Crippen LogP contribution in [0.2, 0.25) is 0 Å². The predicted octanol–water partition coefficient (Wildman–Crippen LogP) is 2.81. The van der Waals surface area contributed by atoms with Crippen LogP contribution >= 0.6 is 0 Å². The van der Waals surface area contributed by atoms with Gasteiger partial charge in [0.25, 0.3) is 0 Å². The fraction of sp³-hybridized carbons (Fsp3) is 0.444. The molecule has 0 spiro atoms. The number of nitriles is 1. The number of pyridine rings is 1. The molecule has 0 aliphatic carbocycles. The largest absolute Gasteiger partial charge is 0.353 e. The second kappa shape index (κ2) is 7.40. The topological polar surface area (TPSA) is 64.2 Å². The summed E-state index contributed by atoms with van der Waals surface area (Å²) in [4.78, 5) is 12.2. The smallest absolute Gasteiger partial charge is 0.207 e. The summed E-state index contributed by atoms with van der Waals surface area (Å²) in [5.74, 6) is 0. The third kappa shape index (κ3) is 3.61. The van der Waals surface area contributed by atoms with Crippen molar-refractivity contribution in [3.05, 3.63) is 46.2 Å². The maximum Gasteiger partial charge on any atom is 0.207 e. The summed E-state index contributed by atoms with van der Waals surface area (Å²) in [6, 6.07) is 9.37. The summed E-state index contributed by atoms with van der Waals surface area (Å²) in [7, 11) is 0. The van der Waals surface area contributed by atoms with E-state index < -0.39 is 0 Å². The van der Waals surface area contributed by atoms with E-state index >= 15 is 0 Å². The van der Waals surface area contributed by atoms with Crippen molar-refractivity contribution >= 4 is 10.9 Å². The van der Waals surface area contributed by atoms with Gasteiger partial charge in [-0.1, -0.05) is 12.1 Å². The SMILES string of the molecule is N#Cc1cn(CCCO[C@H]2CCCCO2)c2ccccc2c1=O. The van der Waals surface area contributed by atoms with Crippen LogP contribution in [0.25, 0.3) is 10.9 Å². The first-order valence-corrected chi connectivity index (χ1v) is 8.05. The molecule has 0 radical (unpaired) electrons. The fourth-order valence-corrected chi connectivity index (χ4v) is 2.90. The van der Waals surface area contributed by atoms with Crippen molar-refractivity contribution in [2.24, 2.45) is 0 Å². The summed E-state index contributed by atoms with van der Waals surface area (Å²) < 4.78 is 13.2. The Morgan fingerprint density at radius 1 is 1.35 bits per heavy atom.